The zero-order chi connectivity index (χ0) is 50.6. The van der Waals surface area contributed by atoms with Gasteiger partial charge in [0, 0.05) is 32.4 Å². The van der Waals surface area contributed by atoms with Crippen LogP contribution in [0.5, 0.6) is 5.75 Å². The van der Waals surface area contributed by atoms with Gasteiger partial charge in [-0.3, -0.25) is 48.3 Å². The first-order chi connectivity index (χ1) is 31.5. The van der Waals surface area contributed by atoms with Crippen molar-refractivity contribution in [1.82, 2.24) is 31.9 Å². The normalized spacial score (nSPS) is 13.9. The number of aromatic hydroxyl groups is 1. The summed E-state index contributed by atoms with van der Waals surface area (Å²) in [5, 5.41) is 53.1. The predicted molar refractivity (Wildman–Crippen MR) is 241 cm³/mol. The van der Waals surface area contributed by atoms with Crippen LogP contribution < -0.4 is 66.3 Å². The van der Waals surface area contributed by atoms with Crippen LogP contribution in [0.4, 0.5) is 0 Å². The topological polar surface area (TPSA) is 488 Å². The summed E-state index contributed by atoms with van der Waals surface area (Å²) in [6, 6.07) is -4.59. The van der Waals surface area contributed by atoms with Crippen LogP contribution >= 0.6 is 0 Å². The second-order valence-electron chi connectivity index (χ2n) is 15.4. The summed E-state index contributed by atoms with van der Waals surface area (Å²) in [4.78, 5) is 125. The lowest BCUT2D eigenvalue weighted by Crippen LogP contribution is -2.60. The number of unbranched alkanes of at least 4 members (excludes halogenated alkanes) is 1. The van der Waals surface area contributed by atoms with Crippen LogP contribution in [-0.2, 0) is 49.6 Å². The Balaban J connectivity index is 3.55. The monoisotopic (exact) mass is 950 g/mol. The summed E-state index contributed by atoms with van der Waals surface area (Å²) in [5.74, 6) is -10.6. The van der Waals surface area contributed by atoms with Crippen LogP contribution in [0.2, 0.25) is 0 Å². The Morgan fingerprint density at radius 2 is 0.866 bits per heavy atom. The third kappa shape index (κ3) is 24.5. The van der Waals surface area contributed by atoms with Crippen molar-refractivity contribution in [3.05, 3.63) is 29.8 Å². The first-order valence-electron chi connectivity index (χ1n) is 21.4. The second kappa shape index (κ2) is 30.8. The van der Waals surface area contributed by atoms with E-state index >= 15 is 0 Å². The summed E-state index contributed by atoms with van der Waals surface area (Å²) in [7, 11) is 0. The van der Waals surface area contributed by atoms with Crippen LogP contribution in [-0.4, -0.2) is 148 Å². The Morgan fingerprint density at radius 3 is 1.19 bits per heavy atom. The zero-order valence-electron chi connectivity index (χ0n) is 37.3. The zero-order valence-corrected chi connectivity index (χ0v) is 37.3. The van der Waals surface area contributed by atoms with Crippen molar-refractivity contribution in [2.75, 3.05) is 19.6 Å². The van der Waals surface area contributed by atoms with Gasteiger partial charge >= 0.3 is 17.9 Å². The molecule has 0 bridgehead atoms. The van der Waals surface area contributed by atoms with Crippen molar-refractivity contribution < 1.29 is 63.6 Å². The van der Waals surface area contributed by atoms with Crippen molar-refractivity contribution >= 4 is 65.3 Å². The minimum atomic E-state index is -1.73. The lowest BCUT2D eigenvalue weighted by atomic mass is 10.0. The number of aliphatic carboxylic acids is 3. The van der Waals surface area contributed by atoms with Gasteiger partial charge in [0.1, 0.15) is 42.0 Å². The number of benzene rings is 1. The molecule has 0 radical (unpaired) electrons. The molecule has 0 aliphatic carbocycles. The molecule has 0 unspecified atom stereocenters. The van der Waals surface area contributed by atoms with Gasteiger partial charge in [0.05, 0.1) is 6.04 Å². The van der Waals surface area contributed by atoms with Crippen LogP contribution in [0.15, 0.2) is 34.3 Å². The molecule has 0 aromatic heterocycles. The fourth-order valence-electron chi connectivity index (χ4n) is 6.11. The van der Waals surface area contributed by atoms with Gasteiger partial charge < -0.3 is 86.7 Å². The average Bonchev–Trinajstić information content (AvgIpc) is 3.25. The van der Waals surface area contributed by atoms with Gasteiger partial charge in [0.2, 0.25) is 35.4 Å². The molecule has 27 nitrogen and oxygen atoms in total. The predicted octanol–water partition coefficient (Wildman–Crippen LogP) is -4.76. The number of phenols is 1. The quantitative estimate of drug-likeness (QED) is 0.0179. The molecule has 7 atom stereocenters. The summed E-state index contributed by atoms with van der Waals surface area (Å²) in [5.41, 5.74) is 33.4. The fraction of sp³-hybridized carbons (Fsp3) is 0.575. The molecule has 1 aromatic rings. The number of carbonyl (C=O) groups is 9. The number of nitrogens with two attached hydrogens (primary N) is 6. The Kier molecular flexibility index (Phi) is 26.5. The second-order valence-corrected chi connectivity index (χ2v) is 15.4. The fourth-order valence-corrected chi connectivity index (χ4v) is 6.11. The first kappa shape index (κ1) is 57.7. The molecule has 0 aliphatic rings. The smallest absolute Gasteiger partial charge is 0.326 e. The van der Waals surface area contributed by atoms with Crippen molar-refractivity contribution in [2.45, 2.75) is 126 Å². The lowest BCUT2D eigenvalue weighted by Gasteiger charge is -2.27. The van der Waals surface area contributed by atoms with Gasteiger partial charge in [-0.05, 0) is 89.0 Å². The molecule has 22 N–H and O–H groups in total. The van der Waals surface area contributed by atoms with Gasteiger partial charge in [-0.15, -0.1) is 0 Å². The van der Waals surface area contributed by atoms with Crippen LogP contribution in [0.1, 0.15) is 83.1 Å². The first-order valence-corrected chi connectivity index (χ1v) is 21.4. The number of phenolic OH excluding ortho intramolecular Hbond substituents is 1. The van der Waals surface area contributed by atoms with E-state index in [0.717, 1.165) is 0 Å². The standard InChI is InChI=1S/C40H66N14O13/c1-21(42)32(60)49-24(6-2-3-17-41)33(61)52-28(14-16-31(58)59)37(65)53-27(13-15-30(56)57)36(64)51-25(7-4-18-47-39(43)44)34(62)50-26(8-5-19-48-40(45)46)35(63)54-29(38(66)67)20-22-9-11-23(55)12-10-22/h9-12,21,24-29,55H,2-8,13-20,41-42H2,1H3,(H,49,60)(H,50,62)(H,51,64)(H,52,61)(H,53,65)(H,54,63)(H,56,57)(H,58,59)(H,66,67)(H4,43,44,47)(H4,45,46,48)/t21-,24-,25-,26-,27-,28-,29-/m0/s1. The summed E-state index contributed by atoms with van der Waals surface area (Å²) >= 11 is 0. The minimum absolute atomic E-state index is 0.00805. The molecule has 374 valence electrons. The molecule has 0 aliphatic heterocycles. The number of carboxylic acids is 3. The SMILES string of the molecule is C[C@H](N)C(=O)N[C@@H](CCCCN)C(=O)N[C@@H](CCC(=O)O)C(=O)N[C@@H](CCC(=O)O)C(=O)N[C@@H](CCCN=C(N)N)C(=O)N[C@@H](CCCN=C(N)N)C(=O)N[C@@H](Cc1ccc(O)cc1)C(=O)O. The number of aliphatic imine (C=N–C) groups is 2. The maximum atomic E-state index is 14.0. The van der Waals surface area contributed by atoms with E-state index in [4.69, 9.17) is 34.4 Å². The molecule has 0 saturated carbocycles. The molecule has 6 amide bonds. The minimum Gasteiger partial charge on any atom is -0.508 e. The molecule has 0 spiro atoms. The van der Waals surface area contributed by atoms with Crippen molar-refractivity contribution in [1.29, 1.82) is 0 Å². The number of carbonyl (C=O) groups excluding carboxylic acids is 6. The summed E-state index contributed by atoms with van der Waals surface area (Å²) < 4.78 is 0. The number of rotatable bonds is 33. The number of nitrogens with one attached hydrogen (secondary N) is 6. The molecule has 1 aromatic carbocycles. The Labute approximate surface area is 386 Å². The van der Waals surface area contributed by atoms with Crippen molar-refractivity contribution in [2.24, 2.45) is 44.4 Å². The van der Waals surface area contributed by atoms with Gasteiger partial charge in [-0.2, -0.15) is 0 Å². The molecule has 0 saturated heterocycles. The molecule has 27 heteroatoms. The van der Waals surface area contributed by atoms with Gasteiger partial charge in [0.25, 0.3) is 0 Å². The highest BCUT2D eigenvalue weighted by molar-refractivity contribution is 5.97. The van der Waals surface area contributed by atoms with E-state index < -0.39 is 121 Å². The number of nitrogens with zero attached hydrogens (tertiary/aromatic N) is 2. The Hall–Kier alpha value is -7.29. The van der Waals surface area contributed by atoms with E-state index in [0.29, 0.717) is 18.4 Å². The van der Waals surface area contributed by atoms with Crippen LogP contribution in [0, 0.1) is 0 Å². The maximum absolute atomic E-state index is 14.0. The lowest BCUT2D eigenvalue weighted by molar-refractivity contribution is -0.142. The maximum Gasteiger partial charge on any atom is 0.326 e. The van der Waals surface area contributed by atoms with E-state index in [1.807, 2.05) is 0 Å². The molecule has 0 heterocycles. The number of carboxylic acid groups (broad SMARTS) is 3. The third-order valence-electron chi connectivity index (χ3n) is 9.70. The van der Waals surface area contributed by atoms with E-state index in [9.17, 15) is 63.6 Å². The van der Waals surface area contributed by atoms with Crippen molar-refractivity contribution in [3.8, 4) is 5.75 Å². The molecule has 67 heavy (non-hydrogen) atoms. The molecular formula is C40H66N14O13. The Bertz CT molecular complexity index is 1890. The highest BCUT2D eigenvalue weighted by Gasteiger charge is 2.34. The van der Waals surface area contributed by atoms with E-state index in [2.05, 4.69) is 41.9 Å². The van der Waals surface area contributed by atoms with Crippen LogP contribution in [0.3, 0.4) is 0 Å². The summed E-state index contributed by atoms with van der Waals surface area (Å²) in [6.07, 6.45) is -2.03. The number of hydrogen-bond acceptors (Lipinski definition) is 14. The van der Waals surface area contributed by atoms with E-state index in [-0.39, 0.29) is 75.8 Å². The Morgan fingerprint density at radius 1 is 0.522 bits per heavy atom. The third-order valence-corrected chi connectivity index (χ3v) is 9.70. The van der Waals surface area contributed by atoms with E-state index in [1.165, 1.54) is 31.2 Å². The number of amides is 6. The highest BCUT2D eigenvalue weighted by Crippen LogP contribution is 2.13. The summed E-state index contributed by atoms with van der Waals surface area (Å²) in [6.45, 7) is 1.58. The van der Waals surface area contributed by atoms with Gasteiger partial charge in [0.15, 0.2) is 11.9 Å². The van der Waals surface area contributed by atoms with Gasteiger partial charge in [-0.25, -0.2) is 4.79 Å². The van der Waals surface area contributed by atoms with E-state index in [1.54, 1.807) is 0 Å². The van der Waals surface area contributed by atoms with Crippen LogP contribution in [0.25, 0.3) is 0 Å². The molecular weight excluding hydrogens is 885 g/mol. The number of hydrogen-bond donors (Lipinski definition) is 16. The molecule has 0 fully saturated rings. The molecule has 1 rings (SSSR count). The average molecular weight is 951 g/mol. The van der Waals surface area contributed by atoms with Gasteiger partial charge in [-0.1, -0.05) is 12.1 Å². The highest BCUT2D eigenvalue weighted by atomic mass is 16.4. The van der Waals surface area contributed by atoms with Crippen molar-refractivity contribution in [3.63, 3.8) is 0 Å². The number of guanidine groups is 2. The largest absolute Gasteiger partial charge is 0.508 e.